The second kappa shape index (κ2) is 6.07. The number of aryl methyl sites for hydroxylation is 1. The van der Waals surface area contributed by atoms with Gasteiger partial charge in [-0.25, -0.2) is 9.07 Å². The summed E-state index contributed by atoms with van der Waals surface area (Å²) in [6, 6.07) is 8.83. The molecule has 3 aromatic rings. The molecular formula is C17H12F4N3. The van der Waals surface area contributed by atoms with E-state index in [0.717, 1.165) is 12.1 Å². The minimum atomic E-state index is -4.59. The first-order valence-electron chi connectivity index (χ1n) is 7.07. The minimum absolute atomic E-state index is 0.0820. The van der Waals surface area contributed by atoms with Crippen LogP contribution in [0.25, 0.3) is 5.69 Å². The number of benzene rings is 1. The van der Waals surface area contributed by atoms with Crippen molar-refractivity contribution < 1.29 is 17.6 Å². The molecule has 2 heterocycles. The van der Waals surface area contributed by atoms with Gasteiger partial charge >= 0.3 is 6.18 Å². The van der Waals surface area contributed by atoms with E-state index in [1.165, 1.54) is 6.20 Å². The topological polar surface area (TPSA) is 30.7 Å². The van der Waals surface area contributed by atoms with Crippen LogP contribution in [-0.4, -0.2) is 14.8 Å². The molecule has 0 N–H and O–H groups in total. The molecular weight excluding hydrogens is 322 g/mol. The summed E-state index contributed by atoms with van der Waals surface area (Å²) in [5, 5.41) is 4.21. The van der Waals surface area contributed by atoms with E-state index in [2.05, 4.69) is 16.1 Å². The van der Waals surface area contributed by atoms with Crippen molar-refractivity contribution in [2.75, 3.05) is 0 Å². The molecule has 2 aromatic heterocycles. The number of hydrogen-bond acceptors (Lipinski definition) is 2. The highest BCUT2D eigenvalue weighted by molar-refractivity contribution is 5.35. The van der Waals surface area contributed by atoms with Crippen LogP contribution in [0, 0.1) is 18.8 Å². The first kappa shape index (κ1) is 16.2. The van der Waals surface area contributed by atoms with Crippen molar-refractivity contribution in [2.24, 2.45) is 0 Å². The molecule has 123 valence electrons. The Labute approximate surface area is 135 Å². The van der Waals surface area contributed by atoms with Crippen molar-refractivity contribution in [1.29, 1.82) is 0 Å². The SMILES string of the molecule is Cc1[c]cn(-c2ccnc(Cc3cc(F)cc(C(F)(F)F)c3)c2)n1. The van der Waals surface area contributed by atoms with Gasteiger partial charge in [0.1, 0.15) is 5.82 Å². The van der Waals surface area contributed by atoms with Gasteiger partial charge < -0.3 is 0 Å². The van der Waals surface area contributed by atoms with Crippen LogP contribution in [0.4, 0.5) is 17.6 Å². The van der Waals surface area contributed by atoms with E-state index in [1.54, 1.807) is 29.9 Å². The van der Waals surface area contributed by atoms with E-state index in [1.807, 2.05) is 0 Å². The standard InChI is InChI=1S/C17H12F4N3/c1-11-3-5-24(23-11)16-2-4-22-15(10-16)8-12-6-13(17(19,20)21)9-14(18)7-12/h2,4-7,9-10H,8H2,1H3. The predicted octanol–water partition coefficient (Wildman–Crippen LogP) is 4.12. The maximum atomic E-state index is 13.5. The summed E-state index contributed by atoms with van der Waals surface area (Å²) in [6.07, 6.45) is -1.32. The Kier molecular flexibility index (Phi) is 4.09. The lowest BCUT2D eigenvalue weighted by Gasteiger charge is -2.10. The molecule has 0 amide bonds. The maximum Gasteiger partial charge on any atom is 0.416 e. The highest BCUT2D eigenvalue weighted by atomic mass is 19.4. The zero-order valence-corrected chi connectivity index (χ0v) is 12.6. The summed E-state index contributed by atoms with van der Waals surface area (Å²) >= 11 is 0. The third-order valence-corrected chi connectivity index (χ3v) is 3.39. The average molecular weight is 334 g/mol. The highest BCUT2D eigenvalue weighted by Gasteiger charge is 2.31. The lowest BCUT2D eigenvalue weighted by molar-refractivity contribution is -0.137. The number of pyridine rings is 1. The molecule has 0 unspecified atom stereocenters. The summed E-state index contributed by atoms with van der Waals surface area (Å²) < 4.78 is 53.4. The molecule has 1 aromatic carbocycles. The largest absolute Gasteiger partial charge is 0.416 e. The van der Waals surface area contributed by atoms with Gasteiger partial charge in [-0.15, -0.1) is 0 Å². The van der Waals surface area contributed by atoms with Gasteiger partial charge in [0.25, 0.3) is 0 Å². The van der Waals surface area contributed by atoms with E-state index in [9.17, 15) is 17.6 Å². The molecule has 0 fully saturated rings. The highest BCUT2D eigenvalue weighted by Crippen LogP contribution is 2.30. The zero-order valence-electron chi connectivity index (χ0n) is 12.6. The van der Waals surface area contributed by atoms with Crippen molar-refractivity contribution in [2.45, 2.75) is 19.5 Å². The average Bonchev–Trinajstić information content (AvgIpc) is 2.93. The predicted molar refractivity (Wildman–Crippen MR) is 79.1 cm³/mol. The van der Waals surface area contributed by atoms with Crippen LogP contribution in [-0.2, 0) is 12.6 Å². The minimum Gasteiger partial charge on any atom is -0.261 e. The van der Waals surface area contributed by atoms with Crippen LogP contribution in [0.3, 0.4) is 0 Å². The summed E-state index contributed by atoms with van der Waals surface area (Å²) in [5.41, 5.74) is 1.13. The van der Waals surface area contributed by atoms with Crippen LogP contribution in [0.15, 0.2) is 42.7 Å². The fourth-order valence-electron chi connectivity index (χ4n) is 2.34. The molecule has 0 atom stereocenters. The maximum absolute atomic E-state index is 13.5. The van der Waals surface area contributed by atoms with Crippen LogP contribution in [0.1, 0.15) is 22.5 Å². The summed E-state index contributed by atoms with van der Waals surface area (Å²) in [4.78, 5) is 4.13. The van der Waals surface area contributed by atoms with E-state index in [0.29, 0.717) is 23.1 Å². The molecule has 0 spiro atoms. The Bertz CT molecular complexity index is 868. The number of aromatic nitrogens is 3. The quantitative estimate of drug-likeness (QED) is 0.675. The first-order valence-corrected chi connectivity index (χ1v) is 7.07. The Morgan fingerprint density at radius 2 is 1.96 bits per heavy atom. The van der Waals surface area contributed by atoms with E-state index in [-0.39, 0.29) is 12.0 Å². The van der Waals surface area contributed by atoms with Crippen molar-refractivity contribution in [3.05, 3.63) is 77.1 Å². The summed E-state index contributed by atoms with van der Waals surface area (Å²) in [6.45, 7) is 1.80. The van der Waals surface area contributed by atoms with Gasteiger partial charge in [-0.1, -0.05) is 0 Å². The van der Waals surface area contributed by atoms with Gasteiger partial charge in [-0.3, -0.25) is 4.98 Å². The lowest BCUT2D eigenvalue weighted by atomic mass is 10.0. The van der Waals surface area contributed by atoms with Gasteiger partial charge in [-0.2, -0.15) is 18.3 Å². The number of hydrogen-bond donors (Lipinski definition) is 0. The third-order valence-electron chi connectivity index (χ3n) is 3.39. The molecule has 1 radical (unpaired) electrons. The van der Waals surface area contributed by atoms with Crippen LogP contribution >= 0.6 is 0 Å². The van der Waals surface area contributed by atoms with E-state index >= 15 is 0 Å². The van der Waals surface area contributed by atoms with Crippen molar-refractivity contribution in [3.63, 3.8) is 0 Å². The second-order valence-corrected chi connectivity index (χ2v) is 5.33. The molecule has 0 aliphatic carbocycles. The van der Waals surface area contributed by atoms with Gasteiger partial charge in [-0.05, 0) is 42.8 Å². The van der Waals surface area contributed by atoms with Gasteiger partial charge in [0.15, 0.2) is 0 Å². The van der Waals surface area contributed by atoms with Crippen LogP contribution in [0.2, 0.25) is 0 Å². The number of rotatable bonds is 3. The molecule has 3 nitrogen and oxygen atoms in total. The van der Waals surface area contributed by atoms with Gasteiger partial charge in [0, 0.05) is 30.6 Å². The summed E-state index contributed by atoms with van der Waals surface area (Å²) in [7, 11) is 0. The molecule has 0 bridgehead atoms. The fraction of sp³-hybridized carbons (Fsp3) is 0.176. The van der Waals surface area contributed by atoms with Gasteiger partial charge in [0.2, 0.25) is 0 Å². The monoisotopic (exact) mass is 334 g/mol. The molecule has 24 heavy (non-hydrogen) atoms. The number of halogens is 4. The molecule has 3 rings (SSSR count). The molecule has 0 saturated carbocycles. The molecule has 0 aliphatic heterocycles. The van der Waals surface area contributed by atoms with Crippen LogP contribution in [0.5, 0.6) is 0 Å². The first-order chi connectivity index (χ1) is 11.3. The Morgan fingerprint density at radius 1 is 1.17 bits per heavy atom. The molecule has 0 aliphatic rings. The number of alkyl halides is 3. The van der Waals surface area contributed by atoms with Crippen LogP contribution < -0.4 is 0 Å². The third kappa shape index (κ3) is 3.61. The fourth-order valence-corrected chi connectivity index (χ4v) is 2.34. The van der Waals surface area contributed by atoms with Crippen molar-refractivity contribution in [3.8, 4) is 5.69 Å². The normalized spacial score (nSPS) is 11.7. The number of nitrogens with zero attached hydrogens (tertiary/aromatic N) is 3. The zero-order chi connectivity index (χ0) is 17.3. The van der Waals surface area contributed by atoms with Crippen molar-refractivity contribution in [1.82, 2.24) is 14.8 Å². The Morgan fingerprint density at radius 3 is 2.62 bits per heavy atom. The van der Waals surface area contributed by atoms with Gasteiger partial charge in [0.05, 0.1) is 16.9 Å². The summed E-state index contributed by atoms with van der Waals surface area (Å²) in [5.74, 6) is -0.923. The second-order valence-electron chi connectivity index (χ2n) is 5.33. The molecule has 0 saturated heterocycles. The smallest absolute Gasteiger partial charge is 0.261 e. The van der Waals surface area contributed by atoms with E-state index in [4.69, 9.17) is 0 Å². The Balaban J connectivity index is 1.90. The Hall–Kier alpha value is -2.70. The lowest BCUT2D eigenvalue weighted by Crippen LogP contribution is -2.07. The molecule has 7 heteroatoms. The van der Waals surface area contributed by atoms with E-state index < -0.39 is 17.6 Å². The van der Waals surface area contributed by atoms with Crippen molar-refractivity contribution >= 4 is 0 Å².